The molecule has 47 heavy (non-hydrogen) atoms. The molecule has 1 aromatic heterocycles. The van der Waals surface area contributed by atoms with E-state index in [4.69, 9.17) is 14.2 Å². The van der Waals surface area contributed by atoms with E-state index in [1.165, 1.54) is 5.56 Å². The Morgan fingerprint density at radius 1 is 0.617 bits per heavy atom. The monoisotopic (exact) mass is 632 g/mol. The van der Waals surface area contributed by atoms with Gasteiger partial charge in [-0.3, -0.25) is 9.58 Å². The van der Waals surface area contributed by atoms with Gasteiger partial charge in [0.05, 0.1) is 38.2 Å². The molecule has 1 N–H and O–H groups in total. The summed E-state index contributed by atoms with van der Waals surface area (Å²) >= 11 is 0. The van der Waals surface area contributed by atoms with Crippen molar-refractivity contribution in [3.05, 3.63) is 155 Å². The Hall–Kier alpha value is -4.18. The molecule has 2 heterocycles. The third kappa shape index (κ3) is 9.22. The topological polar surface area (TPSA) is 81.9 Å². The average Bonchev–Trinajstić information content (AvgIpc) is 3.68. The molecule has 0 radical (unpaired) electrons. The van der Waals surface area contributed by atoms with E-state index in [0.29, 0.717) is 52.4 Å². The summed E-state index contributed by atoms with van der Waals surface area (Å²) in [5, 5.41) is 18.3. The number of ether oxygens (including phenoxy) is 3. The maximum Gasteiger partial charge on any atom is 0.103 e. The molecule has 0 amide bonds. The molecular formula is C39H44N4O4. The van der Waals surface area contributed by atoms with E-state index in [1.54, 1.807) is 0 Å². The minimum absolute atomic E-state index is 0.0620. The van der Waals surface area contributed by atoms with Gasteiger partial charge in [0.25, 0.3) is 0 Å². The highest BCUT2D eigenvalue weighted by Crippen LogP contribution is 2.35. The van der Waals surface area contributed by atoms with Gasteiger partial charge in [-0.15, -0.1) is 5.10 Å². The number of hydrogen-bond donors (Lipinski definition) is 1. The van der Waals surface area contributed by atoms with Gasteiger partial charge in [-0.25, -0.2) is 0 Å². The lowest BCUT2D eigenvalue weighted by molar-refractivity contribution is -0.0865. The Kier molecular flexibility index (Phi) is 11.9. The van der Waals surface area contributed by atoms with E-state index in [-0.39, 0.29) is 30.9 Å². The Bertz CT molecular complexity index is 1590. The highest BCUT2D eigenvalue weighted by atomic mass is 16.5. The van der Waals surface area contributed by atoms with E-state index in [2.05, 4.69) is 75.9 Å². The van der Waals surface area contributed by atoms with Crippen LogP contribution in [-0.2, 0) is 53.5 Å². The number of nitrogens with zero attached hydrogens (tertiary/aromatic N) is 4. The molecule has 6 rings (SSSR count). The predicted molar refractivity (Wildman–Crippen MR) is 181 cm³/mol. The number of aliphatic hydroxyl groups excluding tert-OH is 1. The highest BCUT2D eigenvalue weighted by Gasteiger charge is 2.50. The number of aromatic nitrogens is 3. The zero-order chi connectivity index (χ0) is 32.1. The zero-order valence-corrected chi connectivity index (χ0v) is 26.8. The lowest BCUT2D eigenvalue weighted by Gasteiger charge is -2.31. The number of benzene rings is 4. The van der Waals surface area contributed by atoms with Gasteiger partial charge in [-0.05, 0) is 28.7 Å². The zero-order valence-electron chi connectivity index (χ0n) is 26.8. The fraction of sp³-hybridized carbons (Fsp3) is 0.333. The molecule has 4 aromatic carbocycles. The smallest absolute Gasteiger partial charge is 0.103 e. The number of rotatable bonds is 17. The van der Waals surface area contributed by atoms with Crippen molar-refractivity contribution < 1.29 is 19.3 Å². The number of aryl methyl sites for hydroxylation is 1. The lowest BCUT2D eigenvalue weighted by Crippen LogP contribution is -2.42. The second-order valence-electron chi connectivity index (χ2n) is 12.1. The van der Waals surface area contributed by atoms with Gasteiger partial charge in [0.15, 0.2) is 0 Å². The average molecular weight is 633 g/mol. The molecular weight excluding hydrogens is 588 g/mol. The van der Waals surface area contributed by atoms with Crippen LogP contribution in [0.4, 0.5) is 0 Å². The van der Waals surface area contributed by atoms with Gasteiger partial charge < -0.3 is 19.3 Å². The van der Waals surface area contributed by atoms with Crippen LogP contribution in [0, 0.1) is 0 Å². The van der Waals surface area contributed by atoms with Crippen molar-refractivity contribution in [1.29, 1.82) is 0 Å². The number of hydrogen-bond acceptors (Lipinski definition) is 7. The Morgan fingerprint density at radius 3 is 1.68 bits per heavy atom. The molecule has 0 bridgehead atoms. The van der Waals surface area contributed by atoms with Crippen molar-refractivity contribution in [1.82, 2.24) is 19.9 Å². The van der Waals surface area contributed by atoms with E-state index in [9.17, 15) is 5.11 Å². The first-order valence-corrected chi connectivity index (χ1v) is 16.5. The van der Waals surface area contributed by atoms with Gasteiger partial charge >= 0.3 is 0 Å². The highest BCUT2D eigenvalue weighted by molar-refractivity contribution is 5.19. The molecule has 4 atom stereocenters. The first-order valence-electron chi connectivity index (χ1n) is 16.5. The van der Waals surface area contributed by atoms with Gasteiger partial charge in [-0.2, -0.15) is 0 Å². The summed E-state index contributed by atoms with van der Waals surface area (Å²) in [4.78, 5) is 2.50. The van der Waals surface area contributed by atoms with Gasteiger partial charge in [0, 0.05) is 38.4 Å². The van der Waals surface area contributed by atoms with E-state index in [1.807, 2.05) is 71.5 Å². The molecule has 8 heteroatoms. The summed E-state index contributed by atoms with van der Waals surface area (Å²) in [6.07, 6.45) is 2.71. The second kappa shape index (κ2) is 17.1. The third-order valence-corrected chi connectivity index (χ3v) is 8.66. The van der Waals surface area contributed by atoms with E-state index < -0.39 is 0 Å². The fourth-order valence-corrected chi connectivity index (χ4v) is 6.32. The SMILES string of the molecule is OCCCn1cc(C[C@@H]2[C@H](OCc3ccccc3)[C@@H](OCc3ccccc3)[C@H](COCc3ccccc3)N2Cc2ccccc2)nn1. The maximum atomic E-state index is 9.35. The molecule has 5 aromatic rings. The molecule has 1 fully saturated rings. The number of likely N-dealkylation sites (tertiary alicyclic amines) is 1. The van der Waals surface area contributed by atoms with Crippen molar-refractivity contribution in [2.24, 2.45) is 0 Å². The van der Waals surface area contributed by atoms with Crippen LogP contribution >= 0.6 is 0 Å². The lowest BCUT2D eigenvalue weighted by atomic mass is 10.0. The first-order chi connectivity index (χ1) is 23.3. The molecule has 1 aliphatic rings. The number of aliphatic hydroxyl groups is 1. The predicted octanol–water partition coefficient (Wildman–Crippen LogP) is 5.84. The van der Waals surface area contributed by atoms with Gasteiger partial charge in [0.1, 0.15) is 12.2 Å². The molecule has 0 aliphatic carbocycles. The van der Waals surface area contributed by atoms with Crippen LogP contribution in [0.25, 0.3) is 0 Å². The minimum atomic E-state index is -0.271. The van der Waals surface area contributed by atoms with Crippen LogP contribution in [0.2, 0.25) is 0 Å². The summed E-state index contributed by atoms with van der Waals surface area (Å²) in [7, 11) is 0. The van der Waals surface area contributed by atoms with Crippen LogP contribution in [0.15, 0.2) is 128 Å². The second-order valence-corrected chi connectivity index (χ2v) is 12.1. The van der Waals surface area contributed by atoms with Crippen LogP contribution in [-0.4, -0.2) is 62.5 Å². The minimum Gasteiger partial charge on any atom is -0.396 e. The molecule has 1 aliphatic heterocycles. The van der Waals surface area contributed by atoms with Crippen molar-refractivity contribution in [3.8, 4) is 0 Å². The van der Waals surface area contributed by atoms with Crippen molar-refractivity contribution in [2.75, 3.05) is 13.2 Å². The third-order valence-electron chi connectivity index (χ3n) is 8.66. The van der Waals surface area contributed by atoms with Gasteiger partial charge in [-0.1, -0.05) is 127 Å². The fourth-order valence-electron chi connectivity index (χ4n) is 6.32. The van der Waals surface area contributed by atoms with Crippen molar-refractivity contribution in [3.63, 3.8) is 0 Å². The maximum absolute atomic E-state index is 9.35. The first kappa shape index (κ1) is 32.7. The Morgan fingerprint density at radius 2 is 1.13 bits per heavy atom. The quantitative estimate of drug-likeness (QED) is 0.138. The summed E-state index contributed by atoms with van der Waals surface area (Å²) in [5.74, 6) is 0. The van der Waals surface area contributed by atoms with Crippen LogP contribution in [0.1, 0.15) is 34.4 Å². The van der Waals surface area contributed by atoms with Crippen LogP contribution in [0.5, 0.6) is 0 Å². The van der Waals surface area contributed by atoms with E-state index >= 15 is 0 Å². The van der Waals surface area contributed by atoms with Crippen LogP contribution < -0.4 is 0 Å². The van der Waals surface area contributed by atoms with Crippen molar-refractivity contribution >= 4 is 0 Å². The largest absolute Gasteiger partial charge is 0.396 e. The summed E-state index contributed by atoms with van der Waals surface area (Å²) < 4.78 is 22.1. The summed E-state index contributed by atoms with van der Waals surface area (Å²) in [6.45, 7) is 3.37. The van der Waals surface area contributed by atoms with Gasteiger partial charge in [0.2, 0.25) is 0 Å². The normalized spacial score (nSPS) is 19.7. The molecule has 0 spiro atoms. The molecule has 8 nitrogen and oxygen atoms in total. The molecule has 244 valence electrons. The van der Waals surface area contributed by atoms with E-state index in [0.717, 1.165) is 22.4 Å². The van der Waals surface area contributed by atoms with Crippen molar-refractivity contribution in [2.45, 2.75) is 70.0 Å². The standard InChI is InChI=1S/C39H44N4O4/c44-23-13-22-42-26-35(40-41-42)24-36-38(46-28-33-18-9-3-10-19-33)39(47-29-34-20-11-4-12-21-34)37(30-45-27-32-16-7-2-8-17-32)43(36)25-31-14-5-1-6-15-31/h1-12,14-21,26,36-39,44H,13,22-25,27-30H2/t36-,37+,38+,39+/m1/s1. The summed E-state index contributed by atoms with van der Waals surface area (Å²) in [5.41, 5.74) is 5.45. The summed E-state index contributed by atoms with van der Waals surface area (Å²) in [6, 6.07) is 41.3. The molecule has 1 saturated heterocycles. The molecule has 0 saturated carbocycles. The Labute approximate surface area is 277 Å². The van der Waals surface area contributed by atoms with Crippen LogP contribution in [0.3, 0.4) is 0 Å². The molecule has 0 unspecified atom stereocenters. The Balaban J connectivity index is 1.34.